The zero-order valence-electron chi connectivity index (χ0n) is 14.1. The van der Waals surface area contributed by atoms with Crippen LogP contribution < -0.4 is 15.5 Å². The summed E-state index contributed by atoms with van der Waals surface area (Å²) in [6.45, 7) is 0. The molecule has 1 aromatic heterocycles. The number of para-hydroxylation sites is 2. The Hall–Kier alpha value is -3.52. The van der Waals surface area contributed by atoms with Crippen molar-refractivity contribution in [2.24, 2.45) is 4.99 Å². The molecule has 0 fully saturated rings. The van der Waals surface area contributed by atoms with Crippen LogP contribution in [0.2, 0.25) is 0 Å². The van der Waals surface area contributed by atoms with Crippen LogP contribution >= 0.6 is 11.3 Å². The van der Waals surface area contributed by atoms with Gasteiger partial charge in [-0.05, 0) is 18.2 Å². The lowest BCUT2D eigenvalue weighted by molar-refractivity contribution is -0.112. The minimum Gasteiger partial charge on any atom is -0.492 e. The molecule has 2 N–H and O–H groups in total. The highest BCUT2D eigenvalue weighted by atomic mass is 32.1. The van der Waals surface area contributed by atoms with Gasteiger partial charge in [-0.15, -0.1) is 0 Å². The SMILES string of the molecule is CN(c1nc(O)c(C2=c3ccccc3=NC2=O)s1)c1ccccc1C(=O)O. The molecule has 1 amide bonds. The first-order chi connectivity index (χ1) is 13.0. The maximum atomic E-state index is 12.3. The zero-order chi connectivity index (χ0) is 19.1. The number of hydrogen-bond donors (Lipinski definition) is 2. The third-order valence-corrected chi connectivity index (χ3v) is 5.36. The average Bonchev–Trinajstić information content (AvgIpc) is 3.19. The molecule has 3 aromatic rings. The second-order valence-electron chi connectivity index (χ2n) is 5.84. The van der Waals surface area contributed by atoms with Gasteiger partial charge < -0.3 is 15.1 Å². The van der Waals surface area contributed by atoms with Crippen molar-refractivity contribution >= 4 is 39.6 Å². The molecule has 1 aliphatic rings. The van der Waals surface area contributed by atoms with Gasteiger partial charge in [-0.25, -0.2) is 9.79 Å². The number of carboxylic acids is 1. The van der Waals surface area contributed by atoms with E-state index in [4.69, 9.17) is 0 Å². The Morgan fingerprint density at radius 2 is 1.81 bits per heavy atom. The number of carbonyl (C=O) groups excluding carboxylic acids is 1. The summed E-state index contributed by atoms with van der Waals surface area (Å²) in [5.41, 5.74) is 0.839. The number of benzene rings is 2. The molecule has 2 heterocycles. The highest BCUT2D eigenvalue weighted by molar-refractivity contribution is 7.17. The van der Waals surface area contributed by atoms with E-state index in [1.807, 2.05) is 0 Å². The number of rotatable bonds is 4. The molecule has 0 aliphatic carbocycles. The molecule has 0 saturated heterocycles. The number of carboxylic acid groups (broad SMARTS) is 1. The van der Waals surface area contributed by atoms with Gasteiger partial charge in [-0.2, -0.15) is 4.98 Å². The molecule has 0 spiro atoms. The summed E-state index contributed by atoms with van der Waals surface area (Å²) in [6.07, 6.45) is 0. The minimum absolute atomic E-state index is 0.112. The smallest absolute Gasteiger partial charge is 0.337 e. The van der Waals surface area contributed by atoms with E-state index >= 15 is 0 Å². The summed E-state index contributed by atoms with van der Waals surface area (Å²) in [5, 5.41) is 21.3. The van der Waals surface area contributed by atoms with Gasteiger partial charge in [0.15, 0.2) is 5.13 Å². The van der Waals surface area contributed by atoms with Crippen LogP contribution in [0.3, 0.4) is 0 Å². The van der Waals surface area contributed by atoms with Crippen LogP contribution in [0.4, 0.5) is 10.8 Å². The number of anilines is 2. The van der Waals surface area contributed by atoms with Crippen molar-refractivity contribution in [3.8, 4) is 5.88 Å². The molecule has 8 heteroatoms. The van der Waals surface area contributed by atoms with Crippen molar-refractivity contribution in [2.75, 3.05) is 11.9 Å². The van der Waals surface area contributed by atoms with Crippen LogP contribution in [0, 0.1) is 0 Å². The van der Waals surface area contributed by atoms with E-state index in [2.05, 4.69) is 9.98 Å². The molecule has 2 aromatic carbocycles. The Morgan fingerprint density at radius 1 is 1.11 bits per heavy atom. The molecule has 1 aliphatic heterocycles. The first kappa shape index (κ1) is 16.9. The number of nitrogens with zero attached hydrogens (tertiary/aromatic N) is 3. The van der Waals surface area contributed by atoms with E-state index in [1.165, 1.54) is 6.07 Å². The molecular weight excluding hydrogens is 366 g/mol. The topological polar surface area (TPSA) is 103 Å². The monoisotopic (exact) mass is 379 g/mol. The van der Waals surface area contributed by atoms with Crippen molar-refractivity contribution < 1.29 is 19.8 Å². The van der Waals surface area contributed by atoms with Crippen molar-refractivity contribution in [3.63, 3.8) is 0 Å². The quantitative estimate of drug-likeness (QED) is 0.715. The fraction of sp³-hybridized carbons (Fsp3) is 0.0526. The molecule has 0 bridgehead atoms. The van der Waals surface area contributed by atoms with E-state index in [0.717, 1.165) is 11.3 Å². The molecule has 27 heavy (non-hydrogen) atoms. The average molecular weight is 379 g/mol. The van der Waals surface area contributed by atoms with Gasteiger partial charge in [0, 0.05) is 12.3 Å². The third-order valence-electron chi connectivity index (χ3n) is 4.22. The first-order valence-electron chi connectivity index (χ1n) is 7.96. The van der Waals surface area contributed by atoms with Gasteiger partial charge in [0.1, 0.15) is 4.88 Å². The summed E-state index contributed by atoms with van der Waals surface area (Å²) < 4.78 is 0. The predicted octanol–water partition coefficient (Wildman–Crippen LogP) is 1.67. The minimum atomic E-state index is -1.06. The fourth-order valence-corrected chi connectivity index (χ4v) is 3.93. The maximum Gasteiger partial charge on any atom is 0.337 e. The molecule has 0 radical (unpaired) electrons. The highest BCUT2D eigenvalue weighted by Crippen LogP contribution is 2.38. The Balaban J connectivity index is 1.84. The number of carbonyl (C=O) groups is 2. The van der Waals surface area contributed by atoms with Crippen LogP contribution in [0.15, 0.2) is 53.5 Å². The van der Waals surface area contributed by atoms with Crippen LogP contribution in [0.25, 0.3) is 5.57 Å². The predicted molar refractivity (Wildman–Crippen MR) is 100.0 cm³/mol. The third kappa shape index (κ3) is 2.76. The van der Waals surface area contributed by atoms with Crippen LogP contribution in [0.5, 0.6) is 5.88 Å². The van der Waals surface area contributed by atoms with E-state index in [0.29, 0.717) is 31.8 Å². The van der Waals surface area contributed by atoms with Gasteiger partial charge in [0.25, 0.3) is 5.91 Å². The van der Waals surface area contributed by atoms with E-state index < -0.39 is 11.9 Å². The number of amides is 1. The lowest BCUT2D eigenvalue weighted by Gasteiger charge is -2.17. The number of aromatic carboxylic acids is 1. The number of fused-ring (bicyclic) bond motifs is 1. The molecule has 0 saturated carbocycles. The number of aromatic hydroxyl groups is 1. The maximum absolute atomic E-state index is 12.3. The van der Waals surface area contributed by atoms with Gasteiger partial charge >= 0.3 is 5.97 Å². The molecule has 0 atom stereocenters. The van der Waals surface area contributed by atoms with Crippen molar-refractivity contribution in [2.45, 2.75) is 0 Å². The van der Waals surface area contributed by atoms with Gasteiger partial charge in [-0.3, -0.25) is 4.79 Å². The number of aromatic nitrogens is 1. The van der Waals surface area contributed by atoms with E-state index in [9.17, 15) is 19.8 Å². The summed E-state index contributed by atoms with van der Waals surface area (Å²) in [4.78, 5) is 33.8. The van der Waals surface area contributed by atoms with Gasteiger partial charge in [0.2, 0.25) is 5.88 Å². The van der Waals surface area contributed by atoms with Crippen molar-refractivity contribution in [1.29, 1.82) is 0 Å². The van der Waals surface area contributed by atoms with E-state index in [-0.39, 0.29) is 11.4 Å². The Morgan fingerprint density at radius 3 is 2.59 bits per heavy atom. The Bertz CT molecular complexity index is 1220. The summed E-state index contributed by atoms with van der Waals surface area (Å²) in [5.74, 6) is -1.79. The normalized spacial score (nSPS) is 12.6. The first-order valence-corrected chi connectivity index (χ1v) is 8.77. The lowest BCUT2D eigenvalue weighted by atomic mass is 10.1. The zero-order valence-corrected chi connectivity index (χ0v) is 14.9. The van der Waals surface area contributed by atoms with Crippen LogP contribution in [-0.2, 0) is 4.79 Å². The van der Waals surface area contributed by atoms with Crippen molar-refractivity contribution in [1.82, 2.24) is 4.98 Å². The van der Waals surface area contributed by atoms with Gasteiger partial charge in [-0.1, -0.05) is 41.7 Å². The highest BCUT2D eigenvalue weighted by Gasteiger charge is 2.26. The second kappa shape index (κ2) is 6.33. The van der Waals surface area contributed by atoms with Crippen LogP contribution in [0.1, 0.15) is 15.2 Å². The molecule has 0 unspecified atom stereocenters. The molecule has 134 valence electrons. The molecule has 4 rings (SSSR count). The largest absolute Gasteiger partial charge is 0.492 e. The Labute approximate surface area is 157 Å². The Kier molecular flexibility index (Phi) is 3.97. The fourth-order valence-electron chi connectivity index (χ4n) is 2.94. The van der Waals surface area contributed by atoms with Crippen molar-refractivity contribution in [3.05, 3.63) is 69.5 Å². The van der Waals surface area contributed by atoms with Gasteiger partial charge in [0.05, 0.1) is 22.2 Å². The number of thiazole rings is 1. The second-order valence-corrected chi connectivity index (χ2v) is 6.82. The summed E-state index contributed by atoms with van der Waals surface area (Å²) in [7, 11) is 1.66. The number of hydrogen-bond acceptors (Lipinski definition) is 6. The van der Waals surface area contributed by atoms with E-state index in [1.54, 1.807) is 54.4 Å². The lowest BCUT2D eigenvalue weighted by Crippen LogP contribution is -2.22. The standard InChI is InChI=1S/C19H13N3O4S/c1-22(13-9-5-3-7-11(13)18(25)26)19-21-17(24)15(27-19)14-10-6-2-4-8-12(10)20-16(14)23/h2-9,24H,1H3,(H,25,26). The summed E-state index contributed by atoms with van der Waals surface area (Å²) in [6, 6.07) is 13.6. The summed E-state index contributed by atoms with van der Waals surface area (Å²) >= 11 is 1.10. The molecular formula is C19H13N3O4S. The molecule has 7 nitrogen and oxygen atoms in total. The van der Waals surface area contributed by atoms with Crippen LogP contribution in [-0.4, -0.2) is 34.1 Å².